The van der Waals surface area contributed by atoms with Gasteiger partial charge in [-0.2, -0.15) is 13.2 Å². The van der Waals surface area contributed by atoms with Crippen molar-refractivity contribution in [3.63, 3.8) is 0 Å². The number of benzene rings is 1. The van der Waals surface area contributed by atoms with E-state index >= 15 is 0 Å². The van der Waals surface area contributed by atoms with Gasteiger partial charge >= 0.3 is 6.18 Å². The zero-order valence-corrected chi connectivity index (χ0v) is 11.0. The number of carbonyl (C=O) groups excluding carboxylic acids is 1. The Hall–Kier alpha value is -2.12. The fourth-order valence-corrected chi connectivity index (χ4v) is 1.92. The van der Waals surface area contributed by atoms with Crippen molar-refractivity contribution in [1.29, 1.82) is 0 Å². The first-order valence-corrected chi connectivity index (χ1v) is 6.14. The number of nitrogens with one attached hydrogen (secondary N) is 1. The van der Waals surface area contributed by atoms with E-state index in [4.69, 9.17) is 4.84 Å². The SMILES string of the molecule is CC1CC(NC(=O)Cc2ccc(F)cc2C(F)(F)F)=NO1. The number of oxime groups is 1. The Bertz CT molecular complexity index is 584. The van der Waals surface area contributed by atoms with Crippen LogP contribution in [0.3, 0.4) is 0 Å². The summed E-state index contributed by atoms with van der Waals surface area (Å²) in [5.41, 5.74) is -1.45. The Balaban J connectivity index is 2.11. The Morgan fingerprint density at radius 1 is 1.48 bits per heavy atom. The molecule has 1 aliphatic heterocycles. The first-order valence-electron chi connectivity index (χ1n) is 6.14. The van der Waals surface area contributed by atoms with Gasteiger partial charge in [-0.1, -0.05) is 11.2 Å². The van der Waals surface area contributed by atoms with E-state index in [-0.39, 0.29) is 17.5 Å². The molecule has 0 spiro atoms. The summed E-state index contributed by atoms with van der Waals surface area (Å²) in [6.45, 7) is 1.74. The lowest BCUT2D eigenvalue weighted by atomic mass is 10.0. The topological polar surface area (TPSA) is 50.7 Å². The first kappa shape index (κ1) is 15.3. The van der Waals surface area contributed by atoms with E-state index in [2.05, 4.69) is 10.5 Å². The minimum absolute atomic E-state index is 0.183. The monoisotopic (exact) mass is 304 g/mol. The number of amides is 1. The number of hydrogen-bond acceptors (Lipinski definition) is 3. The zero-order valence-electron chi connectivity index (χ0n) is 11.0. The maximum absolute atomic E-state index is 12.9. The fraction of sp³-hybridized carbons (Fsp3) is 0.385. The highest BCUT2D eigenvalue weighted by Crippen LogP contribution is 2.32. The third kappa shape index (κ3) is 3.93. The molecule has 1 atom stereocenters. The van der Waals surface area contributed by atoms with E-state index in [9.17, 15) is 22.4 Å². The molecule has 0 radical (unpaired) electrons. The van der Waals surface area contributed by atoms with Crippen LogP contribution in [0.15, 0.2) is 23.4 Å². The van der Waals surface area contributed by atoms with Crippen LogP contribution in [0.5, 0.6) is 0 Å². The van der Waals surface area contributed by atoms with Crippen molar-refractivity contribution in [2.45, 2.75) is 32.0 Å². The Kier molecular flexibility index (Phi) is 4.15. The minimum atomic E-state index is -4.72. The van der Waals surface area contributed by atoms with E-state index < -0.39 is 29.9 Å². The van der Waals surface area contributed by atoms with Crippen molar-refractivity contribution in [2.24, 2.45) is 5.16 Å². The summed E-state index contributed by atoms with van der Waals surface area (Å²) < 4.78 is 51.3. The number of rotatable bonds is 2. The van der Waals surface area contributed by atoms with E-state index in [1.165, 1.54) is 0 Å². The fourth-order valence-electron chi connectivity index (χ4n) is 1.92. The first-order chi connectivity index (χ1) is 9.75. The lowest BCUT2D eigenvalue weighted by molar-refractivity contribution is -0.138. The largest absolute Gasteiger partial charge is 0.416 e. The molecule has 1 unspecified atom stereocenters. The van der Waals surface area contributed by atoms with Crippen molar-refractivity contribution < 1.29 is 27.2 Å². The smallest absolute Gasteiger partial charge is 0.391 e. The average Bonchev–Trinajstić information content (AvgIpc) is 2.75. The van der Waals surface area contributed by atoms with E-state index in [1.807, 2.05) is 0 Å². The number of alkyl halides is 3. The molecule has 0 fully saturated rings. The third-order valence-electron chi connectivity index (χ3n) is 2.84. The number of amidine groups is 1. The van der Waals surface area contributed by atoms with Crippen molar-refractivity contribution in [3.05, 3.63) is 35.1 Å². The number of carbonyl (C=O) groups is 1. The van der Waals surface area contributed by atoms with Gasteiger partial charge in [0.2, 0.25) is 5.91 Å². The molecule has 1 aliphatic rings. The second-order valence-electron chi connectivity index (χ2n) is 4.68. The van der Waals surface area contributed by atoms with Gasteiger partial charge in [-0.05, 0) is 24.6 Å². The van der Waals surface area contributed by atoms with Crippen LogP contribution in [-0.2, 0) is 22.2 Å². The summed E-state index contributed by atoms with van der Waals surface area (Å²) in [6.07, 6.45) is -5.05. The summed E-state index contributed by atoms with van der Waals surface area (Å²) in [7, 11) is 0. The van der Waals surface area contributed by atoms with Crippen molar-refractivity contribution in [2.75, 3.05) is 0 Å². The summed E-state index contributed by atoms with van der Waals surface area (Å²) in [6, 6.07) is 2.21. The summed E-state index contributed by atoms with van der Waals surface area (Å²) in [5.74, 6) is -1.40. The Morgan fingerprint density at radius 2 is 2.19 bits per heavy atom. The van der Waals surface area contributed by atoms with Gasteiger partial charge in [-0.3, -0.25) is 4.79 Å². The Morgan fingerprint density at radius 3 is 2.76 bits per heavy atom. The molecular weight excluding hydrogens is 292 g/mol. The molecule has 0 saturated heterocycles. The van der Waals surface area contributed by atoms with Gasteiger partial charge in [-0.25, -0.2) is 4.39 Å². The molecule has 1 N–H and O–H groups in total. The molecule has 0 aliphatic carbocycles. The minimum Gasteiger partial charge on any atom is -0.391 e. The highest BCUT2D eigenvalue weighted by Gasteiger charge is 2.34. The molecule has 21 heavy (non-hydrogen) atoms. The average molecular weight is 304 g/mol. The molecule has 2 rings (SSSR count). The lowest BCUT2D eigenvalue weighted by Crippen LogP contribution is -2.31. The lowest BCUT2D eigenvalue weighted by Gasteiger charge is -2.12. The predicted octanol–water partition coefficient (Wildman–Crippen LogP) is 2.63. The van der Waals surface area contributed by atoms with Gasteiger partial charge < -0.3 is 10.2 Å². The van der Waals surface area contributed by atoms with Crippen molar-refractivity contribution >= 4 is 11.7 Å². The van der Waals surface area contributed by atoms with Gasteiger partial charge in [0.05, 0.1) is 12.0 Å². The highest BCUT2D eigenvalue weighted by atomic mass is 19.4. The van der Waals surface area contributed by atoms with Crippen molar-refractivity contribution in [1.82, 2.24) is 5.32 Å². The third-order valence-corrected chi connectivity index (χ3v) is 2.84. The molecule has 1 heterocycles. The molecule has 114 valence electrons. The van der Waals surface area contributed by atoms with Gasteiger partial charge in [0, 0.05) is 6.42 Å². The zero-order chi connectivity index (χ0) is 15.6. The van der Waals surface area contributed by atoms with Crippen LogP contribution < -0.4 is 5.32 Å². The van der Waals surface area contributed by atoms with Gasteiger partial charge in [0.1, 0.15) is 11.9 Å². The Labute approximate surface area is 117 Å². The van der Waals surface area contributed by atoms with Crippen LogP contribution in [0.1, 0.15) is 24.5 Å². The van der Waals surface area contributed by atoms with Gasteiger partial charge in [0.15, 0.2) is 5.84 Å². The van der Waals surface area contributed by atoms with E-state index in [0.717, 1.165) is 12.1 Å². The van der Waals surface area contributed by atoms with Crippen LogP contribution in [-0.4, -0.2) is 17.8 Å². The molecule has 4 nitrogen and oxygen atoms in total. The second-order valence-corrected chi connectivity index (χ2v) is 4.68. The van der Waals surface area contributed by atoms with Crippen LogP contribution in [0.25, 0.3) is 0 Å². The van der Waals surface area contributed by atoms with Crippen LogP contribution in [0, 0.1) is 5.82 Å². The number of halogens is 4. The highest BCUT2D eigenvalue weighted by molar-refractivity contribution is 5.99. The number of nitrogens with zero attached hydrogens (tertiary/aromatic N) is 1. The molecule has 1 aromatic carbocycles. The van der Waals surface area contributed by atoms with Gasteiger partial charge in [-0.15, -0.1) is 0 Å². The van der Waals surface area contributed by atoms with E-state index in [1.54, 1.807) is 6.92 Å². The molecule has 0 bridgehead atoms. The van der Waals surface area contributed by atoms with E-state index in [0.29, 0.717) is 12.5 Å². The maximum Gasteiger partial charge on any atom is 0.416 e. The maximum atomic E-state index is 12.9. The van der Waals surface area contributed by atoms with Crippen LogP contribution >= 0.6 is 0 Å². The quantitative estimate of drug-likeness (QED) is 0.854. The molecule has 0 saturated carbocycles. The molecule has 1 amide bonds. The standard InChI is InChI=1S/C13H12F4N2O2/c1-7-4-11(19-21-7)18-12(20)5-8-2-3-9(14)6-10(8)13(15,16)17/h2-3,6-7H,4-5H2,1H3,(H,18,19,20). The van der Waals surface area contributed by atoms with Crippen molar-refractivity contribution in [3.8, 4) is 0 Å². The normalized spacial score (nSPS) is 18.1. The predicted molar refractivity (Wildman–Crippen MR) is 65.8 cm³/mol. The number of hydrogen-bond donors (Lipinski definition) is 1. The van der Waals surface area contributed by atoms with Crippen LogP contribution in [0.2, 0.25) is 0 Å². The molecular formula is C13H12F4N2O2. The second kappa shape index (κ2) is 5.71. The molecule has 1 aromatic rings. The summed E-state index contributed by atoms with van der Waals surface area (Å²) in [4.78, 5) is 16.6. The van der Waals surface area contributed by atoms with Crippen LogP contribution in [0.4, 0.5) is 17.6 Å². The molecule has 8 heteroatoms. The summed E-state index contributed by atoms with van der Waals surface area (Å²) in [5, 5.41) is 5.96. The summed E-state index contributed by atoms with van der Waals surface area (Å²) >= 11 is 0. The van der Waals surface area contributed by atoms with Gasteiger partial charge in [0.25, 0.3) is 0 Å². The molecule has 0 aromatic heterocycles.